The van der Waals surface area contributed by atoms with Crippen LogP contribution in [0.5, 0.6) is 5.88 Å². The van der Waals surface area contributed by atoms with Crippen molar-refractivity contribution in [2.45, 2.75) is 45.1 Å². The Kier molecular flexibility index (Phi) is 3.66. The minimum atomic E-state index is 0.268. The molecule has 5 nitrogen and oxygen atoms in total. The molecule has 0 unspecified atom stereocenters. The molecule has 1 aliphatic rings. The van der Waals surface area contributed by atoms with Crippen LogP contribution in [-0.4, -0.2) is 27.3 Å². The highest BCUT2D eigenvalue weighted by atomic mass is 16.5. The molecule has 0 saturated heterocycles. The van der Waals surface area contributed by atoms with Gasteiger partial charge in [0.2, 0.25) is 5.88 Å². The standard InChI is InChI=1S/C12H19N3O2/c1-9-11(8-13-16)12(15(2)14-9)17-10-6-4-3-5-7-10/h8,10,16H,3-7H2,1-2H3/b13-8-. The molecule has 1 fully saturated rings. The van der Waals surface area contributed by atoms with Gasteiger partial charge in [-0.3, -0.25) is 0 Å². The van der Waals surface area contributed by atoms with Crippen LogP contribution in [0.3, 0.4) is 0 Å². The first-order valence-electron chi connectivity index (χ1n) is 6.10. The summed E-state index contributed by atoms with van der Waals surface area (Å²) in [4.78, 5) is 0. The summed E-state index contributed by atoms with van der Waals surface area (Å²) < 4.78 is 7.70. The Morgan fingerprint density at radius 1 is 1.41 bits per heavy atom. The number of hydrogen-bond donors (Lipinski definition) is 1. The van der Waals surface area contributed by atoms with E-state index in [-0.39, 0.29) is 6.10 Å². The van der Waals surface area contributed by atoms with E-state index in [1.807, 2.05) is 14.0 Å². The first-order chi connectivity index (χ1) is 8.22. The van der Waals surface area contributed by atoms with Crippen molar-refractivity contribution in [3.05, 3.63) is 11.3 Å². The van der Waals surface area contributed by atoms with Crippen LogP contribution in [0.1, 0.15) is 43.4 Å². The molecule has 0 bridgehead atoms. The highest BCUT2D eigenvalue weighted by molar-refractivity contribution is 5.83. The van der Waals surface area contributed by atoms with Crippen molar-refractivity contribution in [2.75, 3.05) is 0 Å². The fraction of sp³-hybridized carbons (Fsp3) is 0.667. The maximum Gasteiger partial charge on any atom is 0.221 e. The van der Waals surface area contributed by atoms with Gasteiger partial charge in [0, 0.05) is 7.05 Å². The van der Waals surface area contributed by atoms with Gasteiger partial charge < -0.3 is 9.94 Å². The van der Waals surface area contributed by atoms with E-state index in [0.717, 1.165) is 24.1 Å². The molecule has 0 aliphatic heterocycles. The van der Waals surface area contributed by atoms with E-state index in [1.54, 1.807) is 4.68 Å². The lowest BCUT2D eigenvalue weighted by atomic mass is 9.98. The summed E-state index contributed by atoms with van der Waals surface area (Å²) in [5.74, 6) is 0.701. The molecule has 1 N–H and O–H groups in total. The Labute approximate surface area is 101 Å². The van der Waals surface area contributed by atoms with Gasteiger partial charge in [-0.2, -0.15) is 5.10 Å². The average molecular weight is 237 g/mol. The van der Waals surface area contributed by atoms with E-state index >= 15 is 0 Å². The largest absolute Gasteiger partial charge is 0.474 e. The summed E-state index contributed by atoms with van der Waals surface area (Å²) in [7, 11) is 1.85. The van der Waals surface area contributed by atoms with Crippen molar-refractivity contribution in [3.63, 3.8) is 0 Å². The van der Waals surface area contributed by atoms with E-state index in [4.69, 9.17) is 9.94 Å². The maximum atomic E-state index is 8.66. The zero-order valence-corrected chi connectivity index (χ0v) is 10.4. The minimum absolute atomic E-state index is 0.268. The second-order valence-corrected chi connectivity index (χ2v) is 4.55. The molecule has 2 rings (SSSR count). The van der Waals surface area contributed by atoms with E-state index in [1.165, 1.54) is 25.5 Å². The second kappa shape index (κ2) is 5.21. The number of aromatic nitrogens is 2. The fourth-order valence-corrected chi connectivity index (χ4v) is 2.34. The number of hydrogen-bond acceptors (Lipinski definition) is 4. The predicted octanol–water partition coefficient (Wildman–Crippen LogP) is 2.25. The van der Waals surface area contributed by atoms with Crippen molar-refractivity contribution in [1.29, 1.82) is 0 Å². The van der Waals surface area contributed by atoms with Gasteiger partial charge in [0.05, 0.1) is 17.5 Å². The molecule has 0 radical (unpaired) electrons. The minimum Gasteiger partial charge on any atom is -0.474 e. The van der Waals surface area contributed by atoms with Gasteiger partial charge in [0.25, 0.3) is 0 Å². The van der Waals surface area contributed by atoms with Crippen LogP contribution in [-0.2, 0) is 7.05 Å². The van der Waals surface area contributed by atoms with Gasteiger partial charge in [0.1, 0.15) is 6.10 Å². The Hall–Kier alpha value is -1.52. The third-order valence-corrected chi connectivity index (χ3v) is 3.23. The Morgan fingerprint density at radius 2 is 2.12 bits per heavy atom. The lowest BCUT2D eigenvalue weighted by Gasteiger charge is -2.23. The van der Waals surface area contributed by atoms with Gasteiger partial charge in [-0.1, -0.05) is 11.6 Å². The maximum absolute atomic E-state index is 8.66. The summed E-state index contributed by atoms with van der Waals surface area (Å²) in [5.41, 5.74) is 1.58. The first-order valence-corrected chi connectivity index (χ1v) is 6.10. The molecule has 0 amide bonds. The van der Waals surface area contributed by atoms with Crippen LogP contribution in [0.15, 0.2) is 5.16 Å². The molecule has 1 heterocycles. The Morgan fingerprint density at radius 3 is 2.76 bits per heavy atom. The van der Waals surface area contributed by atoms with E-state index < -0.39 is 0 Å². The van der Waals surface area contributed by atoms with E-state index in [9.17, 15) is 0 Å². The second-order valence-electron chi connectivity index (χ2n) is 4.55. The van der Waals surface area contributed by atoms with Gasteiger partial charge >= 0.3 is 0 Å². The van der Waals surface area contributed by atoms with Crippen molar-refractivity contribution < 1.29 is 9.94 Å². The summed E-state index contributed by atoms with van der Waals surface area (Å²) in [6, 6.07) is 0. The zero-order valence-electron chi connectivity index (χ0n) is 10.4. The predicted molar refractivity (Wildman–Crippen MR) is 64.8 cm³/mol. The van der Waals surface area contributed by atoms with Crippen LogP contribution in [0.25, 0.3) is 0 Å². The smallest absolute Gasteiger partial charge is 0.221 e. The molecule has 0 aromatic carbocycles. The molecule has 94 valence electrons. The summed E-state index contributed by atoms with van der Waals surface area (Å²) >= 11 is 0. The van der Waals surface area contributed by atoms with E-state index in [0.29, 0.717) is 5.88 Å². The molecule has 1 aromatic heterocycles. The quantitative estimate of drug-likeness (QED) is 0.498. The van der Waals surface area contributed by atoms with Crippen molar-refractivity contribution in [2.24, 2.45) is 12.2 Å². The molecule has 1 aromatic rings. The highest BCUT2D eigenvalue weighted by Gasteiger charge is 2.20. The highest BCUT2D eigenvalue weighted by Crippen LogP contribution is 2.26. The summed E-state index contributed by atoms with van der Waals surface area (Å²) in [5, 5.41) is 16.0. The molecular weight excluding hydrogens is 218 g/mol. The number of oxime groups is 1. The lowest BCUT2D eigenvalue weighted by molar-refractivity contribution is 0.142. The van der Waals surface area contributed by atoms with Gasteiger partial charge in [-0.25, -0.2) is 4.68 Å². The molecular formula is C12H19N3O2. The van der Waals surface area contributed by atoms with Crippen molar-refractivity contribution in [3.8, 4) is 5.88 Å². The van der Waals surface area contributed by atoms with Crippen LogP contribution in [0.2, 0.25) is 0 Å². The van der Waals surface area contributed by atoms with Crippen molar-refractivity contribution >= 4 is 6.21 Å². The summed E-state index contributed by atoms with van der Waals surface area (Å²) in [6.45, 7) is 1.88. The molecule has 1 aliphatic carbocycles. The van der Waals surface area contributed by atoms with Crippen LogP contribution in [0.4, 0.5) is 0 Å². The molecule has 17 heavy (non-hydrogen) atoms. The Bertz CT molecular complexity index is 406. The SMILES string of the molecule is Cc1nn(C)c(OC2CCCCC2)c1/C=N\O. The third kappa shape index (κ3) is 2.60. The summed E-state index contributed by atoms with van der Waals surface area (Å²) in [6.07, 6.45) is 7.61. The number of nitrogens with zero attached hydrogens (tertiary/aromatic N) is 3. The number of aryl methyl sites for hydroxylation is 2. The van der Waals surface area contributed by atoms with E-state index in [2.05, 4.69) is 10.3 Å². The topological polar surface area (TPSA) is 59.6 Å². The van der Waals surface area contributed by atoms with Gasteiger partial charge in [0.15, 0.2) is 0 Å². The first kappa shape index (κ1) is 12.0. The molecule has 0 spiro atoms. The van der Waals surface area contributed by atoms with Gasteiger partial charge in [-0.05, 0) is 32.6 Å². The monoisotopic (exact) mass is 237 g/mol. The zero-order chi connectivity index (χ0) is 12.3. The Balaban J connectivity index is 2.18. The van der Waals surface area contributed by atoms with Crippen LogP contribution in [0, 0.1) is 6.92 Å². The van der Waals surface area contributed by atoms with Crippen LogP contribution >= 0.6 is 0 Å². The molecule has 0 atom stereocenters. The third-order valence-electron chi connectivity index (χ3n) is 3.23. The number of rotatable bonds is 3. The van der Waals surface area contributed by atoms with Crippen LogP contribution < -0.4 is 4.74 Å². The average Bonchev–Trinajstić information content (AvgIpc) is 2.58. The molecule has 5 heteroatoms. The normalized spacial score (nSPS) is 17.8. The fourth-order valence-electron chi connectivity index (χ4n) is 2.34. The number of ether oxygens (including phenoxy) is 1. The van der Waals surface area contributed by atoms with Crippen molar-refractivity contribution in [1.82, 2.24) is 9.78 Å². The molecule has 1 saturated carbocycles. The lowest BCUT2D eigenvalue weighted by Crippen LogP contribution is -2.21. The van der Waals surface area contributed by atoms with Gasteiger partial charge in [-0.15, -0.1) is 0 Å².